The Bertz CT molecular complexity index is 957. The number of alkyl halides is 3. The smallest absolute Gasteiger partial charge is 0.410 e. The first-order chi connectivity index (χ1) is 14.9. The number of aromatic hydroxyl groups is 1. The first-order valence-electron chi connectivity index (χ1n) is 9.75. The Morgan fingerprint density at radius 1 is 1.25 bits per heavy atom. The molecule has 1 amide bonds. The summed E-state index contributed by atoms with van der Waals surface area (Å²) in [7, 11) is 1.24. The summed E-state index contributed by atoms with van der Waals surface area (Å²) in [5.41, 5.74) is -1.06. The molecule has 0 bridgehead atoms. The predicted octanol–water partition coefficient (Wildman–Crippen LogP) is 4.96. The number of Topliss-reactive ketones (excluding diaryl/α,β-unsaturated/α-hetero) is 1. The van der Waals surface area contributed by atoms with Crippen LogP contribution in [0.1, 0.15) is 55.6 Å². The molecule has 1 aromatic heterocycles. The number of unbranched alkanes of at least 4 members (excludes halogenated alkanes) is 1. The number of carbonyl (C=O) groups excluding carboxylic acids is 2. The number of hydrogen-bond donors (Lipinski definition) is 2. The molecule has 7 nitrogen and oxygen atoms in total. The lowest BCUT2D eigenvalue weighted by atomic mass is 10.0. The number of halogens is 3. The minimum Gasteiger partial charge on any atom is -0.507 e. The Morgan fingerprint density at radius 3 is 2.53 bits per heavy atom. The fraction of sp³-hybridized carbons (Fsp3) is 0.409. The van der Waals surface area contributed by atoms with Crippen LogP contribution in [0.4, 0.5) is 18.0 Å². The van der Waals surface area contributed by atoms with E-state index in [0.29, 0.717) is 24.8 Å². The Morgan fingerprint density at radius 2 is 1.94 bits per heavy atom. The van der Waals surface area contributed by atoms with Gasteiger partial charge in [0, 0.05) is 25.1 Å². The average molecular weight is 457 g/mol. The molecular formula is C22H26F3NO6. The molecule has 1 rings (SSSR count). The highest BCUT2D eigenvalue weighted by atomic mass is 19.4. The number of alkyl carbamates (subject to hydrolysis) is 1. The fourth-order valence-electron chi connectivity index (χ4n) is 2.49. The Hall–Kier alpha value is -3.30. The predicted molar refractivity (Wildman–Crippen MR) is 111 cm³/mol. The zero-order valence-electron chi connectivity index (χ0n) is 18.0. The molecule has 0 fully saturated rings. The molecule has 0 aromatic carbocycles. The molecular weight excluding hydrogens is 431 g/mol. The summed E-state index contributed by atoms with van der Waals surface area (Å²) >= 11 is 0. The van der Waals surface area contributed by atoms with Gasteiger partial charge in [0.1, 0.15) is 17.1 Å². The zero-order valence-corrected chi connectivity index (χ0v) is 18.0. The summed E-state index contributed by atoms with van der Waals surface area (Å²) in [5.74, 6) is -1.13. The van der Waals surface area contributed by atoms with Gasteiger partial charge in [0.25, 0.3) is 0 Å². The lowest BCUT2D eigenvalue weighted by Gasteiger charge is -2.06. The highest BCUT2D eigenvalue weighted by Crippen LogP contribution is 2.24. The van der Waals surface area contributed by atoms with E-state index in [0.717, 1.165) is 0 Å². The molecule has 10 heteroatoms. The van der Waals surface area contributed by atoms with Gasteiger partial charge in [-0.25, -0.2) is 9.59 Å². The van der Waals surface area contributed by atoms with Crippen molar-refractivity contribution in [2.24, 2.45) is 0 Å². The van der Waals surface area contributed by atoms with E-state index in [1.54, 1.807) is 6.08 Å². The van der Waals surface area contributed by atoms with Gasteiger partial charge in [-0.1, -0.05) is 23.8 Å². The third kappa shape index (κ3) is 9.67. The van der Waals surface area contributed by atoms with Gasteiger partial charge in [0.15, 0.2) is 5.78 Å². The van der Waals surface area contributed by atoms with Crippen molar-refractivity contribution in [3.05, 3.63) is 63.4 Å². The molecule has 0 atom stereocenters. The summed E-state index contributed by atoms with van der Waals surface area (Å²) in [6, 6.07) is 1.18. The number of methoxy groups -OCH3 is 1. The summed E-state index contributed by atoms with van der Waals surface area (Å²) in [6.45, 7) is 2.89. The highest BCUT2D eigenvalue weighted by Gasteiger charge is 2.26. The van der Waals surface area contributed by atoms with Crippen LogP contribution < -0.4 is 10.9 Å². The maximum Gasteiger partial charge on any atom is 0.410 e. The Kier molecular flexibility index (Phi) is 10.5. The minimum absolute atomic E-state index is 0.0648. The van der Waals surface area contributed by atoms with Crippen LogP contribution in [0.15, 0.2) is 50.9 Å². The van der Waals surface area contributed by atoms with E-state index in [1.165, 1.54) is 45.4 Å². The van der Waals surface area contributed by atoms with Crippen molar-refractivity contribution in [1.29, 1.82) is 0 Å². The van der Waals surface area contributed by atoms with Crippen molar-refractivity contribution in [3.63, 3.8) is 0 Å². The van der Waals surface area contributed by atoms with E-state index in [-0.39, 0.29) is 17.8 Å². The first-order valence-corrected chi connectivity index (χ1v) is 9.75. The van der Waals surface area contributed by atoms with Gasteiger partial charge < -0.3 is 14.3 Å². The average Bonchev–Trinajstić information content (AvgIpc) is 2.71. The summed E-state index contributed by atoms with van der Waals surface area (Å²) in [5, 5.41) is 12.5. The third-order valence-corrected chi connectivity index (χ3v) is 4.29. The molecule has 2 N–H and O–H groups in total. The van der Waals surface area contributed by atoms with E-state index in [4.69, 9.17) is 4.42 Å². The highest BCUT2D eigenvalue weighted by molar-refractivity contribution is 6.09. The van der Waals surface area contributed by atoms with Gasteiger partial charge >= 0.3 is 17.9 Å². The van der Waals surface area contributed by atoms with Gasteiger partial charge in [0.05, 0.1) is 7.11 Å². The van der Waals surface area contributed by atoms with Gasteiger partial charge in [-0.15, -0.1) is 0 Å². The van der Waals surface area contributed by atoms with E-state index in [2.05, 4.69) is 10.1 Å². The topological polar surface area (TPSA) is 106 Å². The van der Waals surface area contributed by atoms with E-state index in [9.17, 15) is 32.7 Å². The molecule has 0 aliphatic rings. The number of allylic oxidation sites excluding steroid dienone is 5. The number of aryl methyl sites for hydroxylation is 1. The van der Waals surface area contributed by atoms with Crippen LogP contribution in [0.3, 0.4) is 0 Å². The molecule has 32 heavy (non-hydrogen) atoms. The monoisotopic (exact) mass is 457 g/mol. The molecule has 1 heterocycles. The van der Waals surface area contributed by atoms with Crippen molar-refractivity contribution in [2.45, 2.75) is 52.1 Å². The molecule has 0 spiro atoms. The van der Waals surface area contributed by atoms with E-state index in [1.807, 2.05) is 0 Å². The first kappa shape index (κ1) is 26.7. The standard InChI is InChI=1S/C22H26F3NO6/c1-14(10-11-22(23,24)25)8-9-15(2)19(28)18-17(27)13-16(32-20(18)29)7-5-4-6-12-26-21(30)31-3/h6,8-9,12-13,27H,4-5,7,10-11H2,1-3H3,(H,26,30)/b12-6+,14-8+,15-9+. The SMILES string of the molecule is COC(=O)N/C=C/CCCc1cc(O)c(C(=O)/C(C)=C/C=C(\C)CCC(F)(F)F)c(=O)o1. The van der Waals surface area contributed by atoms with Crippen LogP contribution in [0.25, 0.3) is 0 Å². The molecule has 0 unspecified atom stereocenters. The number of amides is 1. The van der Waals surface area contributed by atoms with Gasteiger partial charge in [-0.2, -0.15) is 13.2 Å². The lowest BCUT2D eigenvalue weighted by Crippen LogP contribution is -2.16. The van der Waals surface area contributed by atoms with Crippen LogP contribution >= 0.6 is 0 Å². The maximum absolute atomic E-state index is 12.5. The Labute approximate surface area is 183 Å². The molecule has 0 radical (unpaired) electrons. The van der Waals surface area contributed by atoms with Gasteiger partial charge in [-0.3, -0.25) is 10.1 Å². The lowest BCUT2D eigenvalue weighted by molar-refractivity contribution is -0.133. The van der Waals surface area contributed by atoms with Crippen LogP contribution in [0.2, 0.25) is 0 Å². The second kappa shape index (κ2) is 12.5. The fourth-order valence-corrected chi connectivity index (χ4v) is 2.49. The quantitative estimate of drug-likeness (QED) is 0.223. The second-order valence-corrected chi connectivity index (χ2v) is 7.00. The zero-order chi connectivity index (χ0) is 24.3. The normalized spacial score (nSPS) is 12.8. The molecule has 0 saturated heterocycles. The van der Waals surface area contributed by atoms with Crippen LogP contribution in [0.5, 0.6) is 5.75 Å². The molecule has 0 saturated carbocycles. The molecule has 176 valence electrons. The third-order valence-electron chi connectivity index (χ3n) is 4.29. The minimum atomic E-state index is -4.27. The van der Waals surface area contributed by atoms with Gasteiger partial charge in [-0.05, 0) is 38.7 Å². The summed E-state index contributed by atoms with van der Waals surface area (Å²) < 4.78 is 46.3. The largest absolute Gasteiger partial charge is 0.507 e. The number of ether oxygens (including phenoxy) is 1. The van der Waals surface area contributed by atoms with Crippen LogP contribution in [-0.2, 0) is 11.2 Å². The number of carbonyl (C=O) groups is 2. The summed E-state index contributed by atoms with van der Waals surface area (Å²) in [6.07, 6.45) is 1.07. The van der Waals surface area contributed by atoms with Crippen LogP contribution in [-0.4, -0.2) is 30.3 Å². The van der Waals surface area contributed by atoms with Gasteiger partial charge in [0.2, 0.25) is 0 Å². The molecule has 0 aliphatic carbocycles. The van der Waals surface area contributed by atoms with Crippen molar-refractivity contribution in [3.8, 4) is 5.75 Å². The van der Waals surface area contributed by atoms with Crippen molar-refractivity contribution in [2.75, 3.05) is 7.11 Å². The number of nitrogens with one attached hydrogen (secondary N) is 1. The van der Waals surface area contributed by atoms with E-state index >= 15 is 0 Å². The van der Waals surface area contributed by atoms with Crippen molar-refractivity contribution < 1.29 is 37.0 Å². The van der Waals surface area contributed by atoms with E-state index < -0.39 is 41.4 Å². The van der Waals surface area contributed by atoms with Crippen molar-refractivity contribution >= 4 is 11.9 Å². The maximum atomic E-state index is 12.5. The molecule has 1 aromatic rings. The Balaban J connectivity index is 2.78. The number of hydrogen-bond acceptors (Lipinski definition) is 6. The van der Waals surface area contributed by atoms with Crippen LogP contribution in [0, 0.1) is 0 Å². The molecule has 0 aliphatic heterocycles. The number of rotatable bonds is 10. The summed E-state index contributed by atoms with van der Waals surface area (Å²) in [4.78, 5) is 35.6. The number of ketones is 1. The second-order valence-electron chi connectivity index (χ2n) is 7.00. The van der Waals surface area contributed by atoms with Crippen molar-refractivity contribution in [1.82, 2.24) is 5.32 Å².